The number of nitrogens with zero attached hydrogens (tertiary/aromatic N) is 2. The molecule has 2 N–H and O–H groups in total. The van der Waals surface area contributed by atoms with Gasteiger partial charge in [-0.15, -0.1) is 0 Å². The van der Waals surface area contributed by atoms with Gasteiger partial charge >= 0.3 is 6.03 Å². The first-order valence-electron chi connectivity index (χ1n) is 9.41. The average Bonchev–Trinajstić information content (AvgIpc) is 3.35. The largest absolute Gasteiger partial charge is 0.497 e. The molecule has 1 atom stereocenters. The third-order valence-electron chi connectivity index (χ3n) is 5.13. The van der Waals surface area contributed by atoms with Gasteiger partial charge in [0.2, 0.25) is 0 Å². The molecule has 1 saturated heterocycles. The number of nitrogens with one attached hydrogen (secondary N) is 2. The molecule has 0 radical (unpaired) electrons. The highest BCUT2D eigenvalue weighted by atomic mass is 32.2. The molecule has 1 aromatic carbocycles. The monoisotopic (exact) mass is 404 g/mol. The molecule has 4 rings (SSSR count). The predicted molar refractivity (Wildman–Crippen MR) is 105 cm³/mol. The van der Waals surface area contributed by atoms with E-state index in [1.54, 1.807) is 11.8 Å². The maximum absolute atomic E-state index is 12.4. The molecule has 28 heavy (non-hydrogen) atoms. The minimum absolute atomic E-state index is 0.0683. The number of sulfone groups is 1. The average molecular weight is 404 g/mol. The number of hydrogen-bond acceptors (Lipinski definition) is 5. The first-order chi connectivity index (χ1) is 13.4. The number of aromatic nitrogens is 2. The SMILES string of the molecule is COc1cccc(CNC(=O)Nc2cc(C3CC3)nn2[C@@H]2CCS(=O)(=O)C2)c1. The van der Waals surface area contributed by atoms with E-state index in [4.69, 9.17) is 4.74 Å². The van der Waals surface area contributed by atoms with Gasteiger partial charge in [-0.2, -0.15) is 5.10 Å². The molecule has 1 aromatic heterocycles. The number of benzene rings is 1. The van der Waals surface area contributed by atoms with Crippen LogP contribution >= 0.6 is 0 Å². The number of ether oxygens (including phenoxy) is 1. The number of methoxy groups -OCH3 is 1. The van der Waals surface area contributed by atoms with Gasteiger partial charge in [-0.1, -0.05) is 12.1 Å². The smallest absolute Gasteiger partial charge is 0.320 e. The molecule has 2 heterocycles. The number of carbonyl (C=O) groups excluding carboxylic acids is 1. The Hall–Kier alpha value is -2.55. The van der Waals surface area contributed by atoms with E-state index < -0.39 is 9.84 Å². The summed E-state index contributed by atoms with van der Waals surface area (Å²) in [6.45, 7) is 0.352. The number of urea groups is 1. The fourth-order valence-corrected chi connectivity index (χ4v) is 5.15. The van der Waals surface area contributed by atoms with Gasteiger partial charge in [-0.05, 0) is 37.0 Å². The Labute approximate surface area is 164 Å². The van der Waals surface area contributed by atoms with Crippen LogP contribution in [0.1, 0.15) is 42.5 Å². The van der Waals surface area contributed by atoms with Crippen molar-refractivity contribution < 1.29 is 17.9 Å². The first kappa shape index (κ1) is 18.8. The number of anilines is 1. The van der Waals surface area contributed by atoms with E-state index in [1.807, 2.05) is 30.3 Å². The summed E-state index contributed by atoms with van der Waals surface area (Å²) >= 11 is 0. The highest BCUT2D eigenvalue weighted by molar-refractivity contribution is 7.91. The van der Waals surface area contributed by atoms with Gasteiger partial charge in [0, 0.05) is 18.5 Å². The second-order valence-electron chi connectivity index (χ2n) is 7.39. The van der Waals surface area contributed by atoms with Gasteiger partial charge in [-0.25, -0.2) is 17.9 Å². The van der Waals surface area contributed by atoms with E-state index in [-0.39, 0.29) is 23.6 Å². The lowest BCUT2D eigenvalue weighted by molar-refractivity contribution is 0.251. The Balaban J connectivity index is 1.45. The van der Waals surface area contributed by atoms with Crippen LogP contribution in [-0.4, -0.2) is 42.8 Å². The standard InChI is InChI=1S/C19H24N4O4S/c1-27-16-4-2-3-13(9-16)11-20-19(24)21-18-10-17(14-5-6-14)22-23(18)15-7-8-28(25,26)12-15/h2-4,9-10,14-15H,5-8,11-12H2,1H3,(H2,20,21,24)/t15-/m1/s1. The van der Waals surface area contributed by atoms with Crippen LogP contribution in [0.5, 0.6) is 5.75 Å². The first-order valence-corrected chi connectivity index (χ1v) is 11.2. The Morgan fingerprint density at radius 3 is 2.79 bits per heavy atom. The summed E-state index contributed by atoms with van der Waals surface area (Å²) in [5.41, 5.74) is 1.84. The molecule has 2 aliphatic rings. The molecule has 9 heteroatoms. The summed E-state index contributed by atoms with van der Waals surface area (Å²) in [5, 5.41) is 10.3. The normalized spacial score (nSPS) is 20.7. The van der Waals surface area contributed by atoms with Crippen LogP contribution in [0.15, 0.2) is 30.3 Å². The topological polar surface area (TPSA) is 102 Å². The molecule has 8 nitrogen and oxygen atoms in total. The molecule has 150 valence electrons. The summed E-state index contributed by atoms with van der Waals surface area (Å²) < 4.78 is 30.6. The van der Waals surface area contributed by atoms with E-state index >= 15 is 0 Å². The Kier molecular flexibility index (Phi) is 5.01. The fraction of sp³-hybridized carbons (Fsp3) is 0.474. The van der Waals surface area contributed by atoms with Crippen LogP contribution in [0.4, 0.5) is 10.6 Å². The maximum Gasteiger partial charge on any atom is 0.320 e. The van der Waals surface area contributed by atoms with Crippen molar-refractivity contribution in [3.8, 4) is 5.75 Å². The highest BCUT2D eigenvalue weighted by Gasteiger charge is 2.34. The van der Waals surface area contributed by atoms with Crippen LogP contribution < -0.4 is 15.4 Å². The zero-order valence-electron chi connectivity index (χ0n) is 15.7. The van der Waals surface area contributed by atoms with Crippen LogP contribution in [-0.2, 0) is 16.4 Å². The Morgan fingerprint density at radius 1 is 1.29 bits per heavy atom. The van der Waals surface area contributed by atoms with Crippen LogP contribution in [0, 0.1) is 0 Å². The second-order valence-corrected chi connectivity index (χ2v) is 9.62. The van der Waals surface area contributed by atoms with E-state index in [9.17, 15) is 13.2 Å². The van der Waals surface area contributed by atoms with Crippen LogP contribution in [0.2, 0.25) is 0 Å². The van der Waals surface area contributed by atoms with Crippen molar-refractivity contribution >= 4 is 21.7 Å². The van der Waals surface area contributed by atoms with Gasteiger partial charge in [0.05, 0.1) is 30.4 Å². The zero-order valence-corrected chi connectivity index (χ0v) is 16.5. The molecular weight excluding hydrogens is 380 g/mol. The molecule has 0 bridgehead atoms. The van der Waals surface area contributed by atoms with E-state index in [0.717, 1.165) is 29.8 Å². The number of carbonyl (C=O) groups is 1. The molecule has 1 aliphatic carbocycles. The third kappa shape index (κ3) is 4.30. The van der Waals surface area contributed by atoms with Crippen molar-refractivity contribution in [2.45, 2.75) is 37.8 Å². The quantitative estimate of drug-likeness (QED) is 0.770. The van der Waals surface area contributed by atoms with Crippen LogP contribution in [0.3, 0.4) is 0 Å². The van der Waals surface area contributed by atoms with Crippen molar-refractivity contribution in [3.63, 3.8) is 0 Å². The molecular formula is C19H24N4O4S. The molecule has 1 aliphatic heterocycles. The predicted octanol–water partition coefficient (Wildman–Crippen LogP) is 2.45. The number of amides is 2. The Bertz CT molecular complexity index is 982. The number of rotatable bonds is 6. The van der Waals surface area contributed by atoms with Crippen molar-refractivity contribution in [2.24, 2.45) is 0 Å². The molecule has 1 saturated carbocycles. The lowest BCUT2D eigenvalue weighted by Gasteiger charge is -2.14. The minimum Gasteiger partial charge on any atom is -0.497 e. The van der Waals surface area contributed by atoms with Crippen LogP contribution in [0.25, 0.3) is 0 Å². The summed E-state index contributed by atoms with van der Waals surface area (Å²) in [6, 6.07) is 8.76. The lowest BCUT2D eigenvalue weighted by atomic mass is 10.2. The second kappa shape index (κ2) is 7.46. The molecule has 0 unspecified atom stereocenters. The molecule has 2 fully saturated rings. The summed E-state index contributed by atoms with van der Waals surface area (Å²) in [4.78, 5) is 12.4. The van der Waals surface area contributed by atoms with Gasteiger partial charge in [-0.3, -0.25) is 5.32 Å². The van der Waals surface area contributed by atoms with Gasteiger partial charge in [0.1, 0.15) is 11.6 Å². The third-order valence-corrected chi connectivity index (χ3v) is 6.88. The molecule has 0 spiro atoms. The van der Waals surface area contributed by atoms with Gasteiger partial charge in [0.15, 0.2) is 9.84 Å². The molecule has 2 amide bonds. The summed E-state index contributed by atoms with van der Waals surface area (Å²) in [7, 11) is -1.44. The zero-order chi connectivity index (χ0) is 19.7. The van der Waals surface area contributed by atoms with E-state index in [1.165, 1.54) is 0 Å². The van der Waals surface area contributed by atoms with Crippen molar-refractivity contribution in [1.29, 1.82) is 0 Å². The van der Waals surface area contributed by atoms with E-state index in [2.05, 4.69) is 15.7 Å². The summed E-state index contributed by atoms with van der Waals surface area (Å²) in [6.07, 6.45) is 2.69. The molecule has 2 aromatic rings. The van der Waals surface area contributed by atoms with Crippen molar-refractivity contribution in [3.05, 3.63) is 41.6 Å². The number of hydrogen-bond donors (Lipinski definition) is 2. The maximum atomic E-state index is 12.4. The van der Waals surface area contributed by atoms with E-state index in [0.29, 0.717) is 24.7 Å². The highest BCUT2D eigenvalue weighted by Crippen LogP contribution is 2.41. The van der Waals surface area contributed by atoms with Gasteiger partial charge < -0.3 is 10.1 Å². The fourth-order valence-electron chi connectivity index (χ4n) is 3.46. The summed E-state index contributed by atoms with van der Waals surface area (Å²) in [5.74, 6) is 1.93. The minimum atomic E-state index is -3.04. The van der Waals surface area contributed by atoms with Crippen molar-refractivity contribution in [1.82, 2.24) is 15.1 Å². The lowest BCUT2D eigenvalue weighted by Crippen LogP contribution is -2.30. The Morgan fingerprint density at radius 2 is 2.11 bits per heavy atom. The van der Waals surface area contributed by atoms with Gasteiger partial charge in [0.25, 0.3) is 0 Å². The van der Waals surface area contributed by atoms with Crippen molar-refractivity contribution in [2.75, 3.05) is 23.9 Å².